The number of nitrogens with two attached hydrogens (primary N) is 2. The Hall–Kier alpha value is -5.19. The van der Waals surface area contributed by atoms with Crippen LogP contribution in [0.15, 0.2) is 71.8 Å². The zero-order valence-electron chi connectivity index (χ0n) is 24.0. The Kier molecular flexibility index (Phi) is 8.87. The van der Waals surface area contributed by atoms with E-state index in [1.165, 1.54) is 29.2 Å². The number of anilines is 2. The number of allylic oxidation sites excluding steroid dienone is 1. The van der Waals surface area contributed by atoms with E-state index < -0.39 is 47.7 Å². The van der Waals surface area contributed by atoms with Gasteiger partial charge in [0, 0.05) is 35.5 Å². The maximum atomic E-state index is 14.3. The van der Waals surface area contributed by atoms with Gasteiger partial charge >= 0.3 is 12.7 Å². The second kappa shape index (κ2) is 12.7. The van der Waals surface area contributed by atoms with E-state index in [1.807, 2.05) is 0 Å². The lowest BCUT2D eigenvalue weighted by atomic mass is 9.97. The highest BCUT2D eigenvalue weighted by Gasteiger charge is 2.32. The summed E-state index contributed by atoms with van der Waals surface area (Å²) in [4.78, 5) is 35.1. The first-order chi connectivity index (χ1) is 21.7. The number of halogens is 6. The highest BCUT2D eigenvalue weighted by Crippen LogP contribution is 2.35. The van der Waals surface area contributed by atoms with E-state index >= 15 is 0 Å². The molecule has 46 heavy (non-hydrogen) atoms. The molecule has 3 aromatic heterocycles. The van der Waals surface area contributed by atoms with Crippen LogP contribution in [-0.2, 0) is 4.79 Å². The second-order valence-electron chi connectivity index (χ2n) is 10.6. The maximum Gasteiger partial charge on any atom is 0.432 e. The number of hydrogen-bond acceptors (Lipinski definition) is 8. The van der Waals surface area contributed by atoms with E-state index in [-0.39, 0.29) is 33.9 Å². The van der Waals surface area contributed by atoms with E-state index in [2.05, 4.69) is 20.4 Å². The molecule has 4 heterocycles. The van der Waals surface area contributed by atoms with E-state index in [9.17, 15) is 35.9 Å². The van der Waals surface area contributed by atoms with Gasteiger partial charge in [0.1, 0.15) is 11.5 Å². The lowest BCUT2D eigenvalue weighted by molar-refractivity contribution is -0.119. The summed E-state index contributed by atoms with van der Waals surface area (Å²) < 4.78 is 82.8. The van der Waals surface area contributed by atoms with Crippen molar-refractivity contribution in [3.8, 4) is 22.5 Å². The summed E-state index contributed by atoms with van der Waals surface area (Å²) in [5, 5.41) is 6.96. The van der Waals surface area contributed by atoms with Gasteiger partial charge in [0.2, 0.25) is 5.91 Å². The Labute approximate surface area is 257 Å². The maximum absolute atomic E-state index is 14.3. The number of alkyl halides is 5. The zero-order valence-corrected chi connectivity index (χ0v) is 24.0. The molecule has 2 unspecified atom stereocenters. The van der Waals surface area contributed by atoms with Crippen LogP contribution in [0.4, 0.5) is 37.7 Å². The number of fused-ring (bicyclic) bond motifs is 4. The predicted molar refractivity (Wildman–Crippen MR) is 155 cm³/mol. The Balaban J connectivity index is 1.59. The van der Waals surface area contributed by atoms with Crippen LogP contribution in [0, 0.1) is 11.7 Å². The minimum absolute atomic E-state index is 0.0514. The number of rotatable bonds is 5. The molecule has 2 bridgehead atoms. The molecule has 1 aliphatic rings. The molecule has 0 aliphatic carbocycles. The molecule has 5 rings (SSSR count). The van der Waals surface area contributed by atoms with Gasteiger partial charge in [-0.3, -0.25) is 24.1 Å². The minimum Gasteiger partial charge on any atom is -0.393 e. The van der Waals surface area contributed by atoms with Crippen molar-refractivity contribution < 1.29 is 31.1 Å². The van der Waals surface area contributed by atoms with Gasteiger partial charge < -0.3 is 11.1 Å². The Morgan fingerprint density at radius 2 is 1.89 bits per heavy atom. The van der Waals surface area contributed by atoms with Crippen molar-refractivity contribution >= 4 is 17.3 Å². The lowest BCUT2D eigenvalue weighted by Gasteiger charge is -2.23. The van der Waals surface area contributed by atoms with Gasteiger partial charge in [0.25, 0.3) is 5.56 Å². The van der Waals surface area contributed by atoms with Crippen molar-refractivity contribution in [1.29, 1.82) is 0 Å². The van der Waals surface area contributed by atoms with Gasteiger partial charge in [0.15, 0.2) is 0 Å². The molecule has 2 atom stereocenters. The predicted octanol–water partition coefficient (Wildman–Crippen LogP) is 5.09. The summed E-state index contributed by atoms with van der Waals surface area (Å²) >= 11 is 0. The van der Waals surface area contributed by atoms with E-state index in [0.717, 1.165) is 30.5 Å². The number of hydrogen-bond donors (Lipinski definition) is 3. The molecular formula is C29H27F6N9O2. The molecule has 0 fully saturated rings. The minimum atomic E-state index is -4.88. The molecular weight excluding hydrogens is 620 g/mol. The van der Waals surface area contributed by atoms with Crippen LogP contribution < -0.4 is 27.5 Å². The summed E-state index contributed by atoms with van der Waals surface area (Å²) in [7, 11) is 0. The van der Waals surface area contributed by atoms with Crippen LogP contribution >= 0.6 is 0 Å². The molecule has 0 saturated heterocycles. The lowest BCUT2D eigenvalue weighted by Crippen LogP contribution is -2.30. The molecule has 5 N–H and O–H groups in total. The van der Waals surface area contributed by atoms with Crippen LogP contribution in [-0.4, -0.2) is 36.4 Å². The van der Waals surface area contributed by atoms with Gasteiger partial charge in [-0.2, -0.15) is 27.1 Å². The fraction of sp³-hybridized carbons (Fsp3) is 0.276. The Morgan fingerprint density at radius 3 is 2.59 bits per heavy atom. The third-order valence-electron chi connectivity index (χ3n) is 7.49. The number of pyridine rings is 1. The van der Waals surface area contributed by atoms with E-state index in [0.29, 0.717) is 40.8 Å². The van der Waals surface area contributed by atoms with Crippen molar-refractivity contribution in [3.05, 3.63) is 88.9 Å². The highest BCUT2D eigenvalue weighted by molar-refractivity contribution is 5.95. The number of nitrogens with one attached hydrogen (secondary N) is 1. The molecule has 0 radical (unpaired) electrons. The molecule has 1 aliphatic heterocycles. The summed E-state index contributed by atoms with van der Waals surface area (Å²) in [6.45, 7) is -1.34. The fourth-order valence-corrected chi connectivity index (χ4v) is 5.12. The zero-order chi connectivity index (χ0) is 33.3. The van der Waals surface area contributed by atoms with Gasteiger partial charge in [-0.15, -0.1) is 0 Å². The SMILES string of the molecule is CC1CCCC(n2cnc(-c3cc(F)ccc3N(N)/C=C(\N)C(F)(F)F)cc2=O)c2cc(ccn2)-c2c(cnn2C(F)F)NC1=O. The summed E-state index contributed by atoms with van der Waals surface area (Å²) in [5.74, 6) is 4.13. The monoisotopic (exact) mass is 647 g/mol. The molecule has 11 nitrogen and oxygen atoms in total. The van der Waals surface area contributed by atoms with Crippen LogP contribution in [0.2, 0.25) is 0 Å². The van der Waals surface area contributed by atoms with Gasteiger partial charge in [-0.25, -0.2) is 19.9 Å². The van der Waals surface area contributed by atoms with Crippen molar-refractivity contribution in [2.24, 2.45) is 17.5 Å². The first-order valence-corrected chi connectivity index (χ1v) is 13.8. The molecule has 1 aromatic carbocycles. The number of benzene rings is 1. The van der Waals surface area contributed by atoms with E-state index in [4.69, 9.17) is 11.6 Å². The van der Waals surface area contributed by atoms with Gasteiger partial charge in [-0.1, -0.05) is 13.3 Å². The standard InChI is InChI=1S/C29H27F6N9O2/c1-15-3-2-4-23(20-9-16(7-8-38-20)26-21(41-27(15)46)12-40-44(26)28(31)32)42-14-39-19(11-25(42)45)18-10-17(30)5-6-22(18)43(37)13-24(36)29(33,34)35/h5-15,23,28H,2-4,36-37H2,1H3,(H,41,46)/b24-13-. The first-order valence-electron chi connectivity index (χ1n) is 13.8. The molecule has 4 aromatic rings. The number of aromatic nitrogens is 5. The van der Waals surface area contributed by atoms with Gasteiger partial charge in [-0.05, 0) is 43.2 Å². The highest BCUT2D eigenvalue weighted by atomic mass is 19.4. The van der Waals surface area contributed by atoms with Crippen molar-refractivity contribution in [1.82, 2.24) is 24.3 Å². The van der Waals surface area contributed by atoms with Crippen LogP contribution in [0.1, 0.15) is 44.5 Å². The number of amides is 1. The summed E-state index contributed by atoms with van der Waals surface area (Å²) in [6.07, 6.45) is 0.343. The quantitative estimate of drug-likeness (QED) is 0.154. The molecule has 17 heteroatoms. The average molecular weight is 648 g/mol. The number of carbonyl (C=O) groups is 1. The third-order valence-corrected chi connectivity index (χ3v) is 7.49. The Morgan fingerprint density at radius 1 is 1.13 bits per heavy atom. The average Bonchev–Trinajstić information content (AvgIpc) is 3.42. The van der Waals surface area contributed by atoms with Crippen molar-refractivity contribution in [3.63, 3.8) is 0 Å². The Bertz CT molecular complexity index is 1850. The van der Waals surface area contributed by atoms with Crippen LogP contribution in [0.5, 0.6) is 0 Å². The fourth-order valence-electron chi connectivity index (χ4n) is 5.12. The van der Waals surface area contributed by atoms with Crippen molar-refractivity contribution in [2.45, 2.75) is 45.0 Å². The number of nitrogens with zero attached hydrogens (tertiary/aromatic N) is 6. The normalized spacial score (nSPS) is 17.6. The third kappa shape index (κ3) is 6.58. The first kappa shape index (κ1) is 32.2. The van der Waals surface area contributed by atoms with Crippen LogP contribution in [0.3, 0.4) is 0 Å². The molecule has 0 spiro atoms. The number of hydrazine groups is 1. The van der Waals surface area contributed by atoms with Crippen LogP contribution in [0.25, 0.3) is 22.5 Å². The smallest absolute Gasteiger partial charge is 0.393 e. The summed E-state index contributed by atoms with van der Waals surface area (Å²) in [5.41, 5.74) is 3.23. The largest absolute Gasteiger partial charge is 0.432 e. The van der Waals surface area contributed by atoms with E-state index in [1.54, 1.807) is 6.92 Å². The van der Waals surface area contributed by atoms with Crippen molar-refractivity contribution in [2.75, 3.05) is 10.3 Å². The number of carbonyl (C=O) groups excluding carboxylic acids is 1. The van der Waals surface area contributed by atoms with Gasteiger partial charge in [0.05, 0.1) is 47.0 Å². The topological polar surface area (TPSA) is 150 Å². The molecule has 242 valence electrons. The second-order valence-corrected chi connectivity index (χ2v) is 10.6. The molecule has 0 saturated carbocycles. The summed E-state index contributed by atoms with van der Waals surface area (Å²) in [6, 6.07) is 6.29. The molecule has 1 amide bonds.